The molecule has 0 N–H and O–H groups in total. The van der Waals surface area contributed by atoms with Gasteiger partial charge in [0.15, 0.2) is 11.0 Å². The molecule has 0 saturated carbocycles. The van der Waals surface area contributed by atoms with Gasteiger partial charge in [0, 0.05) is 18.7 Å². The molecule has 168 valence electrons. The summed E-state index contributed by atoms with van der Waals surface area (Å²) in [6.07, 6.45) is 2.54. The van der Waals surface area contributed by atoms with Crippen molar-refractivity contribution < 1.29 is 13.9 Å². The zero-order valence-electron chi connectivity index (χ0n) is 18.3. The van der Waals surface area contributed by atoms with Crippen molar-refractivity contribution in [2.45, 2.75) is 24.7 Å². The van der Waals surface area contributed by atoms with E-state index < -0.39 is 0 Å². The smallest absolute Gasteiger partial charge is 0.233 e. The maximum atomic E-state index is 13.0. The lowest BCUT2D eigenvalue weighted by atomic mass is 10.00. The van der Waals surface area contributed by atoms with Crippen molar-refractivity contribution in [3.05, 3.63) is 83.8 Å². The van der Waals surface area contributed by atoms with E-state index in [4.69, 9.17) is 9.15 Å². The molecule has 0 radical (unpaired) electrons. The number of furan rings is 1. The van der Waals surface area contributed by atoms with Crippen LogP contribution in [-0.2, 0) is 24.3 Å². The highest BCUT2D eigenvalue weighted by atomic mass is 32.2. The monoisotopic (exact) mass is 460 g/mol. The zero-order chi connectivity index (χ0) is 22.6. The summed E-state index contributed by atoms with van der Waals surface area (Å²) in [6, 6.07) is 19.8. The molecule has 0 fully saturated rings. The maximum Gasteiger partial charge on any atom is 0.233 e. The Labute approximate surface area is 196 Å². The summed E-state index contributed by atoms with van der Waals surface area (Å²) < 4.78 is 12.9. The molecule has 1 aliphatic rings. The molecule has 2 aromatic carbocycles. The van der Waals surface area contributed by atoms with Gasteiger partial charge in [0.1, 0.15) is 11.5 Å². The number of hydrogen-bond donors (Lipinski definition) is 0. The molecule has 7 nitrogen and oxygen atoms in total. The van der Waals surface area contributed by atoms with Crippen molar-refractivity contribution in [1.29, 1.82) is 0 Å². The van der Waals surface area contributed by atoms with Crippen LogP contribution in [0.15, 0.2) is 76.5 Å². The fourth-order valence-electron chi connectivity index (χ4n) is 4.00. The van der Waals surface area contributed by atoms with E-state index in [2.05, 4.69) is 28.4 Å². The second-order valence-electron chi connectivity index (χ2n) is 7.83. The SMILES string of the molecule is COc1cccc(-c2nnc(SCC(=O)N3CCc4ccccc4C3)n2Cc2ccco2)c1. The van der Waals surface area contributed by atoms with Gasteiger partial charge >= 0.3 is 0 Å². The molecule has 0 aliphatic carbocycles. The Bertz CT molecular complexity index is 1250. The number of fused-ring (bicyclic) bond motifs is 1. The quantitative estimate of drug-likeness (QED) is 0.384. The Morgan fingerprint density at radius 3 is 2.79 bits per heavy atom. The Morgan fingerprint density at radius 2 is 1.97 bits per heavy atom. The molecule has 1 aliphatic heterocycles. The van der Waals surface area contributed by atoms with Crippen LogP contribution in [0.2, 0.25) is 0 Å². The van der Waals surface area contributed by atoms with Crippen LogP contribution in [0, 0.1) is 0 Å². The number of rotatable bonds is 7. The minimum Gasteiger partial charge on any atom is -0.497 e. The molecular weight excluding hydrogens is 436 g/mol. The fraction of sp³-hybridized carbons (Fsp3) is 0.240. The molecule has 0 bridgehead atoms. The van der Waals surface area contributed by atoms with Crippen LogP contribution in [-0.4, -0.2) is 45.0 Å². The number of carbonyl (C=O) groups excluding carboxylic acids is 1. The van der Waals surface area contributed by atoms with Crippen molar-refractivity contribution in [2.75, 3.05) is 19.4 Å². The number of nitrogens with zero attached hydrogens (tertiary/aromatic N) is 4. The number of ether oxygens (including phenoxy) is 1. The van der Waals surface area contributed by atoms with Crippen molar-refractivity contribution >= 4 is 17.7 Å². The first-order valence-electron chi connectivity index (χ1n) is 10.8. The molecule has 3 heterocycles. The molecule has 0 atom stereocenters. The van der Waals surface area contributed by atoms with Crippen LogP contribution in [0.25, 0.3) is 11.4 Å². The van der Waals surface area contributed by atoms with E-state index in [0.29, 0.717) is 29.8 Å². The number of benzene rings is 2. The van der Waals surface area contributed by atoms with Crippen LogP contribution in [0.4, 0.5) is 0 Å². The molecular formula is C25H24N4O3S. The minimum absolute atomic E-state index is 0.102. The van der Waals surface area contributed by atoms with Crippen LogP contribution in [0.5, 0.6) is 5.75 Å². The fourth-order valence-corrected chi connectivity index (χ4v) is 4.84. The summed E-state index contributed by atoms with van der Waals surface area (Å²) in [6.45, 7) is 1.87. The molecule has 4 aromatic rings. The van der Waals surface area contributed by atoms with Crippen LogP contribution in [0.1, 0.15) is 16.9 Å². The third-order valence-electron chi connectivity index (χ3n) is 5.75. The van der Waals surface area contributed by atoms with Gasteiger partial charge in [-0.2, -0.15) is 0 Å². The standard InChI is InChI=1S/C25H24N4O3S/c1-31-21-9-4-8-19(14-21)24-26-27-25(29(24)16-22-10-5-13-32-22)33-17-23(30)28-12-11-18-6-2-3-7-20(18)15-28/h2-10,13-14H,11-12,15-17H2,1H3. The second-order valence-corrected chi connectivity index (χ2v) is 8.77. The van der Waals surface area contributed by atoms with Gasteiger partial charge in [-0.1, -0.05) is 48.2 Å². The van der Waals surface area contributed by atoms with Crippen molar-refractivity contribution in [3.63, 3.8) is 0 Å². The Balaban J connectivity index is 1.35. The highest BCUT2D eigenvalue weighted by Gasteiger charge is 2.22. The van der Waals surface area contributed by atoms with Crippen LogP contribution < -0.4 is 4.74 Å². The van der Waals surface area contributed by atoms with E-state index in [0.717, 1.165) is 30.0 Å². The van der Waals surface area contributed by atoms with Gasteiger partial charge in [-0.25, -0.2) is 0 Å². The number of carbonyl (C=O) groups is 1. The third kappa shape index (κ3) is 4.66. The highest BCUT2D eigenvalue weighted by molar-refractivity contribution is 7.99. The van der Waals surface area contributed by atoms with Gasteiger partial charge in [-0.05, 0) is 41.8 Å². The van der Waals surface area contributed by atoms with Gasteiger partial charge in [0.25, 0.3) is 0 Å². The molecule has 0 saturated heterocycles. The summed E-state index contributed by atoms with van der Waals surface area (Å²) in [5.41, 5.74) is 3.44. The minimum atomic E-state index is 0.102. The molecule has 2 aromatic heterocycles. The lowest BCUT2D eigenvalue weighted by Crippen LogP contribution is -2.37. The lowest BCUT2D eigenvalue weighted by Gasteiger charge is -2.28. The average Bonchev–Trinajstić information content (AvgIpc) is 3.52. The Hall–Kier alpha value is -3.52. The first kappa shape index (κ1) is 21.3. The topological polar surface area (TPSA) is 73.4 Å². The molecule has 1 amide bonds. The third-order valence-corrected chi connectivity index (χ3v) is 6.70. The molecule has 5 rings (SSSR count). The predicted octanol–water partition coefficient (Wildman–Crippen LogP) is 4.27. The van der Waals surface area contributed by atoms with E-state index in [9.17, 15) is 4.79 Å². The number of amides is 1. The number of hydrogen-bond acceptors (Lipinski definition) is 6. The van der Waals surface area contributed by atoms with Gasteiger partial charge in [-0.3, -0.25) is 9.36 Å². The summed E-state index contributed by atoms with van der Waals surface area (Å²) in [5.74, 6) is 2.64. The van der Waals surface area contributed by atoms with E-state index in [1.165, 1.54) is 22.9 Å². The van der Waals surface area contributed by atoms with E-state index in [-0.39, 0.29) is 5.91 Å². The van der Waals surface area contributed by atoms with E-state index in [1.807, 2.05) is 51.9 Å². The normalized spacial score (nSPS) is 13.1. The van der Waals surface area contributed by atoms with Crippen molar-refractivity contribution in [2.24, 2.45) is 0 Å². The Morgan fingerprint density at radius 1 is 1.09 bits per heavy atom. The van der Waals surface area contributed by atoms with Crippen molar-refractivity contribution in [3.8, 4) is 17.1 Å². The summed E-state index contributed by atoms with van der Waals surface area (Å²) in [5, 5.41) is 9.51. The first-order valence-corrected chi connectivity index (χ1v) is 11.8. The molecule has 33 heavy (non-hydrogen) atoms. The number of aromatic nitrogens is 3. The van der Waals surface area contributed by atoms with Gasteiger partial charge in [-0.15, -0.1) is 10.2 Å². The summed E-state index contributed by atoms with van der Waals surface area (Å²) in [4.78, 5) is 14.9. The van der Waals surface area contributed by atoms with Gasteiger partial charge in [0.2, 0.25) is 5.91 Å². The van der Waals surface area contributed by atoms with Gasteiger partial charge in [0.05, 0.1) is 25.7 Å². The predicted molar refractivity (Wildman–Crippen MR) is 126 cm³/mol. The van der Waals surface area contributed by atoms with Crippen LogP contribution >= 0.6 is 11.8 Å². The maximum absolute atomic E-state index is 13.0. The largest absolute Gasteiger partial charge is 0.497 e. The number of thioether (sulfide) groups is 1. The Kier molecular flexibility index (Phi) is 6.17. The van der Waals surface area contributed by atoms with E-state index >= 15 is 0 Å². The zero-order valence-corrected chi connectivity index (χ0v) is 19.1. The molecule has 0 spiro atoms. The van der Waals surface area contributed by atoms with Crippen LogP contribution in [0.3, 0.4) is 0 Å². The summed E-state index contributed by atoms with van der Waals surface area (Å²) in [7, 11) is 1.64. The summed E-state index contributed by atoms with van der Waals surface area (Å²) >= 11 is 1.40. The van der Waals surface area contributed by atoms with Gasteiger partial charge < -0.3 is 14.1 Å². The molecule has 0 unspecified atom stereocenters. The first-order chi connectivity index (χ1) is 16.2. The number of methoxy groups -OCH3 is 1. The van der Waals surface area contributed by atoms with Crippen molar-refractivity contribution in [1.82, 2.24) is 19.7 Å². The van der Waals surface area contributed by atoms with E-state index in [1.54, 1.807) is 13.4 Å². The second kappa shape index (κ2) is 9.54. The molecule has 8 heteroatoms. The lowest BCUT2D eigenvalue weighted by molar-refractivity contribution is -0.129. The average molecular weight is 461 g/mol. The highest BCUT2D eigenvalue weighted by Crippen LogP contribution is 2.28.